The fraction of sp³-hybridized carbons (Fsp3) is 0.542. The van der Waals surface area contributed by atoms with Crippen molar-refractivity contribution in [3.8, 4) is 5.75 Å². The van der Waals surface area contributed by atoms with Crippen molar-refractivity contribution >= 4 is 29.7 Å². The van der Waals surface area contributed by atoms with Crippen LogP contribution >= 0.6 is 0 Å². The van der Waals surface area contributed by atoms with Gasteiger partial charge in [-0.1, -0.05) is 12.1 Å². The molecule has 2 heterocycles. The molecule has 2 aliphatic rings. The molecule has 0 aliphatic carbocycles. The number of aliphatic carboxylic acids is 2. The molecule has 2 fully saturated rings. The third kappa shape index (κ3) is 7.17. The van der Waals surface area contributed by atoms with E-state index >= 15 is 0 Å². The van der Waals surface area contributed by atoms with Crippen LogP contribution in [0.4, 0.5) is 0 Å². The van der Waals surface area contributed by atoms with Gasteiger partial charge in [0.05, 0.1) is 6.04 Å². The smallest absolute Gasteiger partial charge is 0.326 e. The van der Waals surface area contributed by atoms with Gasteiger partial charge in [0.2, 0.25) is 17.7 Å². The number of amides is 3. The Hall–Kier alpha value is -3.67. The average molecular weight is 505 g/mol. The molecule has 196 valence electrons. The molecular formula is C24H32N4O8. The zero-order valence-electron chi connectivity index (χ0n) is 19.8. The van der Waals surface area contributed by atoms with Crippen LogP contribution in [0.5, 0.6) is 5.75 Å². The highest BCUT2D eigenvalue weighted by Gasteiger charge is 2.39. The zero-order chi connectivity index (χ0) is 26.2. The van der Waals surface area contributed by atoms with Crippen molar-refractivity contribution in [3.05, 3.63) is 29.8 Å². The normalized spacial score (nSPS) is 20.9. The first-order chi connectivity index (χ1) is 17.2. The second kappa shape index (κ2) is 12.3. The summed E-state index contributed by atoms with van der Waals surface area (Å²) < 4.78 is 0. The van der Waals surface area contributed by atoms with E-state index in [4.69, 9.17) is 5.11 Å². The van der Waals surface area contributed by atoms with Crippen molar-refractivity contribution in [1.82, 2.24) is 20.9 Å². The SMILES string of the molecule is O=C(O)CCC(NC(=O)C1CCCN1C(=O)C(Cc1ccc(O)cc1)NC(=O)C1CCCN1)C(=O)O. The lowest BCUT2D eigenvalue weighted by Gasteiger charge is -2.30. The first kappa shape index (κ1) is 26.9. The highest BCUT2D eigenvalue weighted by molar-refractivity contribution is 5.94. The fourth-order valence-corrected chi connectivity index (χ4v) is 4.54. The van der Waals surface area contributed by atoms with E-state index in [2.05, 4.69) is 16.0 Å². The molecule has 1 aromatic carbocycles. The minimum Gasteiger partial charge on any atom is -0.508 e. The maximum atomic E-state index is 13.6. The van der Waals surface area contributed by atoms with E-state index in [0.29, 0.717) is 31.4 Å². The third-order valence-electron chi connectivity index (χ3n) is 6.47. The summed E-state index contributed by atoms with van der Waals surface area (Å²) in [5.74, 6) is -3.94. The second-order valence-corrected chi connectivity index (χ2v) is 9.10. The molecule has 36 heavy (non-hydrogen) atoms. The Balaban J connectivity index is 1.74. The summed E-state index contributed by atoms with van der Waals surface area (Å²) in [5.41, 5.74) is 0.700. The number of phenols is 1. The van der Waals surface area contributed by atoms with E-state index in [1.54, 1.807) is 12.1 Å². The molecule has 12 heteroatoms. The zero-order valence-corrected chi connectivity index (χ0v) is 19.8. The van der Waals surface area contributed by atoms with Gasteiger partial charge in [-0.05, 0) is 56.3 Å². The maximum Gasteiger partial charge on any atom is 0.326 e. The van der Waals surface area contributed by atoms with Crippen LogP contribution in [0.3, 0.4) is 0 Å². The summed E-state index contributed by atoms with van der Waals surface area (Å²) in [4.78, 5) is 63.0. The number of rotatable bonds is 11. The van der Waals surface area contributed by atoms with Gasteiger partial charge < -0.3 is 36.2 Å². The van der Waals surface area contributed by atoms with E-state index in [0.717, 1.165) is 6.42 Å². The van der Waals surface area contributed by atoms with Gasteiger partial charge in [0.1, 0.15) is 23.9 Å². The molecule has 0 saturated carbocycles. The van der Waals surface area contributed by atoms with Crippen LogP contribution in [0.25, 0.3) is 0 Å². The summed E-state index contributed by atoms with van der Waals surface area (Å²) in [6.45, 7) is 0.961. The lowest BCUT2D eigenvalue weighted by Crippen LogP contribution is -2.57. The van der Waals surface area contributed by atoms with Crippen LogP contribution in [-0.4, -0.2) is 87.1 Å². The molecule has 3 rings (SSSR count). The van der Waals surface area contributed by atoms with Crippen LogP contribution in [0.1, 0.15) is 44.1 Å². The van der Waals surface area contributed by atoms with Crippen LogP contribution in [-0.2, 0) is 30.4 Å². The number of carboxylic acids is 2. The number of likely N-dealkylation sites (tertiary alicyclic amines) is 1. The number of hydrogen-bond acceptors (Lipinski definition) is 7. The number of nitrogens with zero attached hydrogens (tertiary/aromatic N) is 1. The Morgan fingerprint density at radius 1 is 0.972 bits per heavy atom. The van der Waals surface area contributed by atoms with Gasteiger partial charge in [0, 0.05) is 19.4 Å². The lowest BCUT2D eigenvalue weighted by molar-refractivity contribution is -0.145. The molecule has 0 spiro atoms. The van der Waals surface area contributed by atoms with Crippen molar-refractivity contribution in [1.29, 1.82) is 0 Å². The molecule has 0 radical (unpaired) electrons. The van der Waals surface area contributed by atoms with Gasteiger partial charge in [0.25, 0.3) is 0 Å². The topological polar surface area (TPSA) is 185 Å². The molecule has 1 aromatic rings. The van der Waals surface area contributed by atoms with Crippen LogP contribution in [0.2, 0.25) is 0 Å². The van der Waals surface area contributed by atoms with Gasteiger partial charge in [-0.3, -0.25) is 19.2 Å². The fourth-order valence-electron chi connectivity index (χ4n) is 4.54. The molecule has 0 aromatic heterocycles. The number of carboxylic acid groups (broad SMARTS) is 2. The number of aromatic hydroxyl groups is 1. The largest absolute Gasteiger partial charge is 0.508 e. The van der Waals surface area contributed by atoms with Crippen molar-refractivity contribution in [2.24, 2.45) is 0 Å². The summed E-state index contributed by atoms with van der Waals surface area (Å²) >= 11 is 0. The Morgan fingerprint density at radius 2 is 1.67 bits per heavy atom. The van der Waals surface area contributed by atoms with Gasteiger partial charge in [-0.15, -0.1) is 0 Å². The number of benzene rings is 1. The van der Waals surface area contributed by atoms with E-state index in [1.165, 1.54) is 17.0 Å². The number of carbonyl (C=O) groups is 5. The van der Waals surface area contributed by atoms with Gasteiger partial charge in [-0.25, -0.2) is 4.79 Å². The summed E-state index contributed by atoms with van der Waals surface area (Å²) in [7, 11) is 0. The number of nitrogens with one attached hydrogen (secondary N) is 3. The van der Waals surface area contributed by atoms with Gasteiger partial charge in [0.15, 0.2) is 0 Å². The molecule has 2 aliphatic heterocycles. The van der Waals surface area contributed by atoms with E-state index < -0.39 is 54.3 Å². The van der Waals surface area contributed by atoms with Gasteiger partial charge in [-0.2, -0.15) is 0 Å². The van der Waals surface area contributed by atoms with Crippen molar-refractivity contribution in [3.63, 3.8) is 0 Å². The molecule has 3 amide bonds. The minimum absolute atomic E-state index is 0.0629. The molecule has 6 N–H and O–H groups in total. The molecular weight excluding hydrogens is 472 g/mol. The van der Waals surface area contributed by atoms with Crippen molar-refractivity contribution in [2.75, 3.05) is 13.1 Å². The highest BCUT2D eigenvalue weighted by Crippen LogP contribution is 2.21. The average Bonchev–Trinajstić information content (AvgIpc) is 3.54. The van der Waals surface area contributed by atoms with Crippen LogP contribution in [0.15, 0.2) is 24.3 Å². The summed E-state index contributed by atoms with van der Waals surface area (Å²) in [6.07, 6.45) is 1.74. The molecule has 0 bridgehead atoms. The Labute approximate surface area is 208 Å². The summed E-state index contributed by atoms with van der Waals surface area (Å²) in [5, 5.41) is 36.0. The highest BCUT2D eigenvalue weighted by atomic mass is 16.4. The number of carbonyl (C=O) groups excluding carboxylic acids is 3. The van der Waals surface area contributed by atoms with Crippen molar-refractivity contribution in [2.45, 2.75) is 69.1 Å². The molecule has 4 atom stereocenters. The predicted molar refractivity (Wildman–Crippen MR) is 126 cm³/mol. The third-order valence-corrected chi connectivity index (χ3v) is 6.47. The Bertz CT molecular complexity index is 977. The molecule has 2 saturated heterocycles. The first-order valence-corrected chi connectivity index (χ1v) is 12.0. The second-order valence-electron chi connectivity index (χ2n) is 9.10. The standard InChI is InChI=1S/C24H32N4O8/c29-15-7-5-14(6-8-15)13-18(27-21(32)16-3-1-11-25-16)23(34)28-12-2-4-19(28)22(33)26-17(24(35)36)9-10-20(30)31/h5-8,16-19,25,29H,1-4,9-13H2,(H,26,33)(H,27,32)(H,30,31)(H,35,36). The quantitative estimate of drug-likeness (QED) is 0.233. The van der Waals surface area contributed by atoms with Crippen molar-refractivity contribution < 1.29 is 39.3 Å². The monoisotopic (exact) mass is 504 g/mol. The van der Waals surface area contributed by atoms with Gasteiger partial charge >= 0.3 is 11.9 Å². The molecule has 12 nitrogen and oxygen atoms in total. The Morgan fingerprint density at radius 3 is 2.28 bits per heavy atom. The Kier molecular flexibility index (Phi) is 9.23. The number of hydrogen-bond donors (Lipinski definition) is 6. The maximum absolute atomic E-state index is 13.6. The van der Waals surface area contributed by atoms with E-state index in [1.807, 2.05) is 0 Å². The number of phenolic OH excluding ortho intramolecular Hbond substituents is 1. The van der Waals surface area contributed by atoms with E-state index in [-0.39, 0.29) is 31.0 Å². The predicted octanol–water partition coefficient (Wildman–Crippen LogP) is -0.403. The molecule has 4 unspecified atom stereocenters. The van der Waals surface area contributed by atoms with Crippen LogP contribution in [0, 0.1) is 0 Å². The van der Waals surface area contributed by atoms with E-state index in [9.17, 15) is 34.2 Å². The summed E-state index contributed by atoms with van der Waals surface area (Å²) in [6, 6.07) is 2.52. The first-order valence-electron chi connectivity index (χ1n) is 12.0. The van der Waals surface area contributed by atoms with Crippen LogP contribution < -0.4 is 16.0 Å². The lowest BCUT2D eigenvalue weighted by atomic mass is 10.0. The minimum atomic E-state index is -1.40.